The van der Waals surface area contributed by atoms with Gasteiger partial charge in [-0.15, -0.1) is 0 Å². The zero-order valence-corrected chi connectivity index (χ0v) is 65.6. The van der Waals surface area contributed by atoms with Gasteiger partial charge in [-0.05, 0) is 109 Å². The molecule has 0 heterocycles. The standard InChI is InChI=1S/C83H146O16P2/c1-4-7-10-13-16-19-22-24-26-28-30-32-34-35-36-37-38-39-40-41-43-45-46-48-50-52-55-57-60-63-66-69-81(86)93-72-78(84)73-95-100(89,90)96-74-79(85)75-97-101(91,92)98-77-80(99-83(88)71-68-65-62-59-54-21-18-15-12-9-6-3)76-94-82(87)70-67-64-61-58-56-53-51-49-47-44-42-33-31-29-27-25-23-20-17-14-11-8-5-2/h7,10,16-17,19-20,24-27,30-33,35-36,44,47,78-80,84-85H,4-6,8-9,11-15,18,21-23,28-29,34,37-43,45-46,48-77H2,1-3H3,(H,89,90)(H,91,92)/b10-7-,19-16-,20-17-,26-24-,27-25-,32-30-,33-31-,36-35-,47-44-. The Hall–Kier alpha value is -3.79. The van der Waals surface area contributed by atoms with Crippen LogP contribution in [0.15, 0.2) is 109 Å². The topological polar surface area (TPSA) is 231 Å². The van der Waals surface area contributed by atoms with Crippen molar-refractivity contribution in [3.05, 3.63) is 109 Å². The van der Waals surface area contributed by atoms with Gasteiger partial charge in [0.2, 0.25) is 0 Å². The number of carbonyl (C=O) groups excluding carboxylic acids is 3. The molecule has 584 valence electrons. The number of allylic oxidation sites excluding steroid dienone is 18. The maximum absolute atomic E-state index is 12.9. The summed E-state index contributed by atoms with van der Waals surface area (Å²) in [7, 11) is -9.78. The van der Waals surface area contributed by atoms with Crippen molar-refractivity contribution in [2.45, 2.75) is 360 Å². The van der Waals surface area contributed by atoms with Gasteiger partial charge in [-0.25, -0.2) is 9.13 Å². The van der Waals surface area contributed by atoms with Gasteiger partial charge in [0, 0.05) is 19.3 Å². The quantitative estimate of drug-likeness (QED) is 0.0146. The largest absolute Gasteiger partial charge is 0.472 e. The normalized spacial score (nSPS) is 14.6. The van der Waals surface area contributed by atoms with E-state index in [9.17, 15) is 43.5 Å². The van der Waals surface area contributed by atoms with Crippen molar-refractivity contribution in [3.8, 4) is 0 Å². The SMILES string of the molecule is CC/C=C\C/C=C\C/C=C\C/C=C\C/C=C\CCCCCCCCCCCCCCCCCC(=O)OCC(O)COP(=O)(O)OCC(O)COP(=O)(O)OCC(COC(=O)CCCCCCCCC/C=C\C/C=C\C/C=C\C/C=C\CCCCC)OC(=O)CCCCCCCCCCCCC. The first-order valence-electron chi connectivity index (χ1n) is 40.2. The number of unbranched alkanes of at least 4 members (excludes halogenated alkanes) is 35. The molecule has 101 heavy (non-hydrogen) atoms. The zero-order valence-electron chi connectivity index (χ0n) is 63.8. The molecule has 0 rings (SSSR count). The summed E-state index contributed by atoms with van der Waals surface area (Å²) >= 11 is 0. The number of hydrogen-bond donors (Lipinski definition) is 4. The highest BCUT2D eigenvalue weighted by Crippen LogP contribution is 2.45. The maximum Gasteiger partial charge on any atom is 0.472 e. The molecule has 0 bridgehead atoms. The van der Waals surface area contributed by atoms with E-state index in [1.807, 2.05) is 0 Å². The Morgan fingerprint density at radius 1 is 0.287 bits per heavy atom. The predicted molar refractivity (Wildman–Crippen MR) is 417 cm³/mol. The van der Waals surface area contributed by atoms with Gasteiger partial charge in [0.1, 0.15) is 25.4 Å². The molecule has 0 spiro atoms. The molecule has 5 atom stereocenters. The molecule has 0 saturated carbocycles. The fraction of sp³-hybridized carbons (Fsp3) is 0.747. The van der Waals surface area contributed by atoms with Crippen LogP contribution in [0, 0.1) is 0 Å². The van der Waals surface area contributed by atoms with Gasteiger partial charge in [-0.3, -0.25) is 32.5 Å². The second-order valence-corrected chi connectivity index (χ2v) is 29.8. The van der Waals surface area contributed by atoms with Crippen molar-refractivity contribution in [2.24, 2.45) is 0 Å². The molecular formula is C83H146O16P2. The molecule has 0 aliphatic carbocycles. The third-order valence-electron chi connectivity index (χ3n) is 17.0. The number of esters is 3. The van der Waals surface area contributed by atoms with Crippen LogP contribution in [0.2, 0.25) is 0 Å². The summed E-state index contributed by atoms with van der Waals surface area (Å²) in [6, 6.07) is 0. The summed E-state index contributed by atoms with van der Waals surface area (Å²) in [5.41, 5.74) is 0. The summed E-state index contributed by atoms with van der Waals surface area (Å²) < 4.78 is 61.1. The Morgan fingerprint density at radius 2 is 0.525 bits per heavy atom. The number of aliphatic hydroxyl groups excluding tert-OH is 2. The molecule has 18 heteroatoms. The lowest BCUT2D eigenvalue weighted by Gasteiger charge is -2.21. The van der Waals surface area contributed by atoms with E-state index in [1.54, 1.807) is 0 Å². The second kappa shape index (κ2) is 75.9. The van der Waals surface area contributed by atoms with E-state index >= 15 is 0 Å². The van der Waals surface area contributed by atoms with Gasteiger partial charge >= 0.3 is 33.6 Å². The summed E-state index contributed by atoms with van der Waals surface area (Å²) in [6.07, 6.45) is 88.7. The lowest BCUT2D eigenvalue weighted by atomic mass is 10.0. The number of hydrogen-bond acceptors (Lipinski definition) is 14. The molecule has 0 saturated heterocycles. The Morgan fingerprint density at radius 3 is 0.851 bits per heavy atom. The Kier molecular flexibility index (Phi) is 73.0. The van der Waals surface area contributed by atoms with Crippen molar-refractivity contribution in [3.63, 3.8) is 0 Å². The van der Waals surface area contributed by atoms with E-state index in [4.69, 9.17) is 32.3 Å². The van der Waals surface area contributed by atoms with Crippen LogP contribution in [0.4, 0.5) is 0 Å². The monoisotopic (exact) mass is 1460 g/mol. The molecule has 0 aromatic heterocycles. The molecule has 0 fully saturated rings. The Labute approximate surface area is 615 Å². The van der Waals surface area contributed by atoms with Gasteiger partial charge in [0.25, 0.3) is 0 Å². The highest BCUT2D eigenvalue weighted by molar-refractivity contribution is 7.47. The van der Waals surface area contributed by atoms with Crippen LogP contribution < -0.4 is 0 Å². The van der Waals surface area contributed by atoms with E-state index in [2.05, 4.69) is 130 Å². The van der Waals surface area contributed by atoms with Crippen LogP contribution in [0.5, 0.6) is 0 Å². The van der Waals surface area contributed by atoms with Crippen LogP contribution >= 0.6 is 15.6 Å². The molecule has 0 aromatic rings. The average Bonchev–Trinajstić information content (AvgIpc) is 0.947. The van der Waals surface area contributed by atoms with Crippen LogP contribution in [0.1, 0.15) is 342 Å². The summed E-state index contributed by atoms with van der Waals surface area (Å²) in [6.45, 7) is 2.55. The third kappa shape index (κ3) is 77.1. The molecule has 0 aliphatic rings. The number of carbonyl (C=O) groups is 3. The molecule has 0 aliphatic heterocycles. The minimum Gasteiger partial charge on any atom is -0.463 e. The number of aliphatic hydroxyl groups is 2. The molecule has 5 unspecified atom stereocenters. The van der Waals surface area contributed by atoms with Crippen molar-refractivity contribution in [1.29, 1.82) is 0 Å². The number of phosphoric acid groups is 2. The molecule has 0 radical (unpaired) electrons. The fourth-order valence-electron chi connectivity index (χ4n) is 10.9. The Bertz CT molecular complexity index is 2270. The first-order valence-corrected chi connectivity index (χ1v) is 43.2. The van der Waals surface area contributed by atoms with Crippen LogP contribution in [-0.4, -0.2) is 95.9 Å². The van der Waals surface area contributed by atoms with E-state index in [0.29, 0.717) is 19.3 Å². The summed E-state index contributed by atoms with van der Waals surface area (Å²) in [4.78, 5) is 58.6. The van der Waals surface area contributed by atoms with Crippen LogP contribution in [-0.2, 0) is 55.8 Å². The van der Waals surface area contributed by atoms with E-state index in [1.165, 1.54) is 141 Å². The minimum absolute atomic E-state index is 0.105. The molecule has 0 aromatic carbocycles. The molecular weight excluding hydrogens is 1310 g/mol. The first-order chi connectivity index (χ1) is 49.2. The minimum atomic E-state index is -4.93. The third-order valence-corrected chi connectivity index (χ3v) is 18.9. The lowest BCUT2D eigenvalue weighted by Crippen LogP contribution is -2.30. The number of phosphoric ester groups is 2. The molecule has 16 nitrogen and oxygen atoms in total. The van der Waals surface area contributed by atoms with Crippen molar-refractivity contribution >= 4 is 33.6 Å². The van der Waals surface area contributed by atoms with E-state index < -0.39 is 91.5 Å². The van der Waals surface area contributed by atoms with E-state index in [0.717, 1.165) is 141 Å². The van der Waals surface area contributed by atoms with Crippen molar-refractivity contribution in [2.75, 3.05) is 39.6 Å². The summed E-state index contributed by atoms with van der Waals surface area (Å²) in [5, 5.41) is 20.6. The average molecular weight is 1460 g/mol. The van der Waals surface area contributed by atoms with Gasteiger partial charge in [0.05, 0.1) is 26.4 Å². The second-order valence-electron chi connectivity index (χ2n) is 26.8. The van der Waals surface area contributed by atoms with Gasteiger partial charge in [0.15, 0.2) is 6.10 Å². The zero-order chi connectivity index (χ0) is 73.7. The highest BCUT2D eigenvalue weighted by atomic mass is 31.2. The highest BCUT2D eigenvalue weighted by Gasteiger charge is 2.29. The first kappa shape index (κ1) is 97.2. The van der Waals surface area contributed by atoms with Crippen molar-refractivity contribution in [1.82, 2.24) is 0 Å². The number of ether oxygens (including phenoxy) is 3. The van der Waals surface area contributed by atoms with Crippen LogP contribution in [0.25, 0.3) is 0 Å². The van der Waals surface area contributed by atoms with Gasteiger partial charge in [-0.2, -0.15) is 0 Å². The molecule has 4 N–H and O–H groups in total. The predicted octanol–water partition coefficient (Wildman–Crippen LogP) is 23.5. The van der Waals surface area contributed by atoms with Crippen molar-refractivity contribution < 1.29 is 75.8 Å². The van der Waals surface area contributed by atoms with E-state index in [-0.39, 0.29) is 19.3 Å². The number of rotatable bonds is 76. The lowest BCUT2D eigenvalue weighted by molar-refractivity contribution is -0.161. The summed E-state index contributed by atoms with van der Waals surface area (Å²) in [5.74, 6) is -1.58. The van der Waals surface area contributed by atoms with Gasteiger partial charge < -0.3 is 34.2 Å². The Balaban J connectivity index is 4.41. The van der Waals surface area contributed by atoms with Crippen LogP contribution in [0.3, 0.4) is 0 Å². The van der Waals surface area contributed by atoms with Gasteiger partial charge in [-0.1, -0.05) is 323 Å². The smallest absolute Gasteiger partial charge is 0.463 e. The molecule has 0 amide bonds. The fourth-order valence-corrected chi connectivity index (χ4v) is 12.5. The maximum atomic E-state index is 12.9.